The Hall–Kier alpha value is -11.4. The molecular weight excluding hydrogens is 1580 g/mol. The van der Waals surface area contributed by atoms with Crippen LogP contribution in [-0.4, -0.2) is 113 Å². The Kier molecular flexibility index (Phi) is 41.5. The van der Waals surface area contributed by atoms with Crippen LogP contribution in [0.1, 0.15) is 46.4 Å². The van der Waals surface area contributed by atoms with Gasteiger partial charge in [-0.3, -0.25) is 0 Å². The lowest BCUT2D eigenvalue weighted by Crippen LogP contribution is -2.08. The number of nitrogen functional groups attached to an aromatic ring is 2. The van der Waals surface area contributed by atoms with E-state index < -0.39 is 0 Å². The average molecular weight is 1660 g/mol. The minimum Gasteiger partial charge on any atom is -0.490 e. The molecule has 0 atom stereocenters. The fraction of sp³-hybridized carbons (Fsp3) is 0.175. The fourth-order valence-electron chi connectivity index (χ4n) is 8.66. The Morgan fingerprint density at radius 3 is 1.40 bits per heavy atom. The number of rotatable bonds is 23. The molecular formula is C80H82Cl7N17O8. The largest absolute Gasteiger partial charge is 0.490 e. The molecule has 13 rings (SSSR count). The number of anilines is 4. The van der Waals surface area contributed by atoms with Crippen LogP contribution < -0.4 is 65.7 Å². The second-order valence-corrected chi connectivity index (χ2v) is 24.5. The van der Waals surface area contributed by atoms with Gasteiger partial charge in [0.2, 0.25) is 48.9 Å². The highest BCUT2D eigenvalue weighted by Crippen LogP contribution is 2.23. The van der Waals surface area contributed by atoms with Crippen molar-refractivity contribution in [1.82, 2.24) is 59.8 Å². The van der Waals surface area contributed by atoms with Crippen molar-refractivity contribution in [3.8, 4) is 46.3 Å². The van der Waals surface area contributed by atoms with Crippen molar-refractivity contribution in [1.29, 1.82) is 0 Å². The number of fused-ring (bicyclic) bond motifs is 7. The summed E-state index contributed by atoms with van der Waals surface area (Å²) < 4.78 is 43.3. The van der Waals surface area contributed by atoms with E-state index in [0.717, 1.165) is 68.1 Å². The SMILES string of the molecule is C=CCOc1ccc(CN)cc1.C=CCOc1ccc(CNc2nc(Cl)nc(Cc3cccc(OCC=C)c3)n2)cc1.C=CCOc1cccc(N)c1.C=CCOc1cccc(N)c1.CCOc1nc(Cl)nc(Cl)n1.Clc1nc(Cl)nc(Cl)n1.Clc1nc2nc(n1)NCc1ccc(cc1)OCC=CCOc1cccc(c1)C2. The molecule has 6 bridgehead atoms. The van der Waals surface area contributed by atoms with Gasteiger partial charge >= 0.3 is 6.01 Å². The van der Waals surface area contributed by atoms with E-state index >= 15 is 0 Å². The monoisotopic (exact) mass is 1650 g/mol. The molecule has 7 aromatic carbocycles. The molecule has 0 amide bonds. The normalized spacial score (nSPS) is 10.8. The van der Waals surface area contributed by atoms with E-state index in [9.17, 15) is 0 Å². The Morgan fingerprint density at radius 1 is 0.429 bits per heavy atom. The predicted octanol–water partition coefficient (Wildman–Crippen LogP) is 17.7. The minimum atomic E-state index is 0.000000000000000444. The van der Waals surface area contributed by atoms with Gasteiger partial charge in [-0.05, 0) is 213 Å². The zero-order chi connectivity index (χ0) is 80.5. The van der Waals surface area contributed by atoms with Crippen LogP contribution in [0.4, 0.5) is 23.3 Å². The van der Waals surface area contributed by atoms with Crippen LogP contribution in [0.3, 0.4) is 0 Å². The van der Waals surface area contributed by atoms with Crippen molar-refractivity contribution >= 4 is 104 Å². The number of hydrogen-bond acceptors (Lipinski definition) is 25. The zero-order valence-electron chi connectivity index (χ0n) is 60.9. The second-order valence-electron chi connectivity index (χ2n) is 22.1. The predicted molar refractivity (Wildman–Crippen MR) is 446 cm³/mol. The summed E-state index contributed by atoms with van der Waals surface area (Å²) in [6, 6.07) is 53.8. The molecule has 11 aromatic rings. The van der Waals surface area contributed by atoms with Crippen LogP contribution >= 0.6 is 81.2 Å². The van der Waals surface area contributed by atoms with Crippen molar-refractivity contribution in [2.24, 2.45) is 5.73 Å². The van der Waals surface area contributed by atoms with Crippen LogP contribution in [0, 0.1) is 0 Å². The number of halogens is 7. The minimum absolute atomic E-state index is 0.000000000000000444. The first-order chi connectivity index (χ1) is 54.3. The second kappa shape index (κ2) is 51.9. The van der Waals surface area contributed by atoms with Crippen LogP contribution in [0.2, 0.25) is 37.0 Å². The number of ether oxygens (including phenoxy) is 8. The maximum absolute atomic E-state index is 6.10. The van der Waals surface area contributed by atoms with E-state index in [4.69, 9.17) is 136 Å². The third-order valence-electron chi connectivity index (χ3n) is 13.5. The average Bonchev–Trinajstić information content (AvgIpc) is 0.898. The number of aromatic nitrogens is 12. The van der Waals surface area contributed by atoms with Crippen molar-refractivity contribution in [2.45, 2.75) is 39.4 Å². The molecule has 25 nitrogen and oxygen atoms in total. The summed E-state index contributed by atoms with van der Waals surface area (Å²) in [7, 11) is 0. The van der Waals surface area contributed by atoms with Crippen LogP contribution in [0.25, 0.3) is 0 Å². The molecule has 8 N–H and O–H groups in total. The Balaban J connectivity index is 0.000000216. The van der Waals surface area contributed by atoms with E-state index in [1.807, 2.05) is 177 Å². The highest BCUT2D eigenvalue weighted by molar-refractivity contribution is 6.33. The summed E-state index contributed by atoms with van der Waals surface area (Å²) in [5.41, 5.74) is 23.2. The van der Waals surface area contributed by atoms with E-state index in [1.54, 1.807) is 42.5 Å². The van der Waals surface area contributed by atoms with Gasteiger partial charge in [-0.1, -0.05) is 136 Å². The van der Waals surface area contributed by atoms with Crippen molar-refractivity contribution in [3.63, 3.8) is 0 Å². The molecule has 0 saturated carbocycles. The van der Waals surface area contributed by atoms with Crippen LogP contribution in [-0.2, 0) is 32.5 Å². The van der Waals surface area contributed by atoms with Gasteiger partial charge in [0, 0.05) is 56.0 Å². The summed E-state index contributed by atoms with van der Waals surface area (Å²) in [6.45, 7) is 25.4. The molecule has 0 fully saturated rings. The zero-order valence-corrected chi connectivity index (χ0v) is 66.2. The van der Waals surface area contributed by atoms with Gasteiger partial charge in [0.1, 0.15) is 98.1 Å². The molecule has 2 aliphatic heterocycles. The van der Waals surface area contributed by atoms with Gasteiger partial charge in [-0.15, -0.1) is 0 Å². The van der Waals surface area contributed by atoms with Gasteiger partial charge in [0.25, 0.3) is 0 Å². The quantitative estimate of drug-likeness (QED) is 0.0293. The van der Waals surface area contributed by atoms with Gasteiger partial charge in [0.05, 0.1) is 6.61 Å². The van der Waals surface area contributed by atoms with Gasteiger partial charge in [-0.25, -0.2) is 9.97 Å². The first kappa shape index (κ1) is 89.5. The molecule has 112 heavy (non-hydrogen) atoms. The van der Waals surface area contributed by atoms with E-state index in [0.29, 0.717) is 120 Å². The maximum Gasteiger partial charge on any atom is 0.322 e. The number of hydrogen-bond donors (Lipinski definition) is 5. The number of nitrogens with one attached hydrogen (secondary N) is 2. The number of nitrogens with two attached hydrogens (primary N) is 3. The molecule has 0 aliphatic carbocycles. The molecule has 0 radical (unpaired) electrons. The lowest BCUT2D eigenvalue weighted by molar-refractivity contribution is 0.311. The number of nitrogens with zero attached hydrogens (tertiary/aromatic N) is 12. The molecule has 0 saturated heterocycles. The molecule has 0 spiro atoms. The van der Waals surface area contributed by atoms with E-state index in [1.165, 1.54) is 0 Å². The molecule has 0 unspecified atom stereocenters. The van der Waals surface area contributed by atoms with Gasteiger partial charge in [0.15, 0.2) is 0 Å². The topological polar surface area (TPSA) is 331 Å². The van der Waals surface area contributed by atoms with Crippen molar-refractivity contribution in [3.05, 3.63) is 322 Å². The van der Waals surface area contributed by atoms with E-state index in [2.05, 4.69) is 103 Å². The lowest BCUT2D eigenvalue weighted by atomic mass is 10.1. The maximum atomic E-state index is 6.10. The molecule has 6 heterocycles. The number of benzene rings is 7. The smallest absolute Gasteiger partial charge is 0.322 e. The molecule has 2 aliphatic rings. The van der Waals surface area contributed by atoms with Crippen LogP contribution in [0.15, 0.2) is 245 Å². The molecule has 32 heteroatoms. The summed E-state index contributed by atoms with van der Waals surface area (Å²) in [5, 5.41) is 6.78. The third-order valence-corrected chi connectivity index (χ3v) is 14.7. The molecule has 584 valence electrons. The van der Waals surface area contributed by atoms with Crippen molar-refractivity contribution < 1.29 is 37.9 Å². The highest BCUT2D eigenvalue weighted by atomic mass is 35.5. The molecule has 4 aromatic heterocycles. The standard InChI is InChI=1S/C23H23ClN4O2.C21H19ClN4O2.C10H13NO.2C9H11NO.C5H5Cl2N3O.C3Cl3N3/c1-3-12-29-19-10-8-17(9-11-19)16-25-23-27-21(26-22(24)28-23)15-18-6-5-7-20(14-18)30-13-4-2;22-20-24-19-13-16-4-3-5-18(12-16)28-11-2-1-10-27-17-8-6-15(7-9-17)14-23-21(25-19)26-20;1-2-7-12-10-5-3-9(8-11)4-6-10;2*1-2-6-11-9-5-3-4-8(10)7-9;1-2-11-5-9-3(6)8-4(7)10-5;4-1-7-2(5)9-3(6)8-1/h3-11,14H,1-2,12-13,15-16H2,(H,25,26,27,28);1-9,12H,10-11,13-14H2,(H,23,24,25,26);2-6H,1,7-8,11H2;2*2-5,7H,1,6,10H2;2H2,1H3;. The Bertz CT molecular complexity index is 4600. The first-order valence-corrected chi connectivity index (χ1v) is 36.6. The highest BCUT2D eigenvalue weighted by Gasteiger charge is 2.11. The third kappa shape index (κ3) is 37.3. The van der Waals surface area contributed by atoms with Crippen molar-refractivity contribution in [2.75, 3.05) is 75.0 Å². The Morgan fingerprint density at radius 2 is 0.893 bits per heavy atom. The van der Waals surface area contributed by atoms with Gasteiger partial charge < -0.3 is 65.7 Å². The van der Waals surface area contributed by atoms with Crippen LogP contribution in [0.5, 0.6) is 46.3 Å². The summed E-state index contributed by atoms with van der Waals surface area (Å²) in [4.78, 5) is 47.0. The van der Waals surface area contributed by atoms with E-state index in [-0.39, 0.29) is 43.0 Å². The summed E-state index contributed by atoms with van der Waals surface area (Å²) in [6.07, 6.45) is 13.5. The van der Waals surface area contributed by atoms with Gasteiger partial charge in [-0.2, -0.15) is 49.8 Å². The summed E-state index contributed by atoms with van der Waals surface area (Å²) in [5.74, 6) is 7.63. The first-order valence-electron chi connectivity index (χ1n) is 34.0. The fourth-order valence-corrected chi connectivity index (χ4v) is 9.97. The summed E-state index contributed by atoms with van der Waals surface area (Å²) >= 11 is 39.1. The Labute approximate surface area is 685 Å². The lowest BCUT2D eigenvalue weighted by Gasteiger charge is -2.09.